The fourth-order valence-electron chi connectivity index (χ4n) is 3.71. The monoisotopic (exact) mass is 471 g/mol. The predicted molar refractivity (Wildman–Crippen MR) is 116 cm³/mol. The molecule has 4 aromatic rings. The zero-order valence-electron chi connectivity index (χ0n) is 18.3. The van der Waals surface area contributed by atoms with Gasteiger partial charge in [-0.2, -0.15) is 8.78 Å². The van der Waals surface area contributed by atoms with Gasteiger partial charge in [0.2, 0.25) is 0 Å². The van der Waals surface area contributed by atoms with Crippen LogP contribution >= 0.6 is 0 Å². The Morgan fingerprint density at radius 3 is 2.41 bits per heavy atom. The minimum atomic E-state index is -4.10. The SMILES string of the molecule is CC(C)c1cccc(-c2ccc(C(F)(F)C(O)(Cn3cnnn3)c3ccc(F)cc3F)nc2)c1. The zero-order chi connectivity index (χ0) is 24.5. The van der Waals surface area contributed by atoms with Crippen LogP contribution < -0.4 is 0 Å². The number of tetrazole rings is 1. The average Bonchev–Trinajstić information content (AvgIpc) is 3.32. The third-order valence-electron chi connectivity index (χ3n) is 5.65. The van der Waals surface area contributed by atoms with E-state index >= 15 is 8.78 Å². The van der Waals surface area contributed by atoms with Crippen LogP contribution in [-0.4, -0.2) is 30.3 Å². The van der Waals surface area contributed by atoms with Gasteiger partial charge in [0.15, 0.2) is 5.60 Å². The molecule has 0 fully saturated rings. The molecule has 1 unspecified atom stereocenters. The van der Waals surface area contributed by atoms with Crippen LogP contribution in [0.3, 0.4) is 0 Å². The molecule has 2 aromatic carbocycles. The van der Waals surface area contributed by atoms with E-state index in [2.05, 4.69) is 20.5 Å². The largest absolute Gasteiger partial charge is 0.377 e. The van der Waals surface area contributed by atoms with Crippen LogP contribution in [0.5, 0.6) is 0 Å². The van der Waals surface area contributed by atoms with Crippen LogP contribution in [-0.2, 0) is 18.1 Å². The van der Waals surface area contributed by atoms with Crippen LogP contribution in [0.4, 0.5) is 17.6 Å². The number of pyridine rings is 1. The van der Waals surface area contributed by atoms with Crippen molar-refractivity contribution < 1.29 is 22.7 Å². The summed E-state index contributed by atoms with van der Waals surface area (Å²) in [6.45, 7) is 3.18. The average molecular weight is 471 g/mol. The lowest BCUT2D eigenvalue weighted by atomic mass is 9.84. The first kappa shape index (κ1) is 23.5. The van der Waals surface area contributed by atoms with Crippen LogP contribution in [0.2, 0.25) is 0 Å². The Morgan fingerprint density at radius 2 is 1.79 bits per heavy atom. The molecule has 1 atom stereocenters. The van der Waals surface area contributed by atoms with E-state index in [0.29, 0.717) is 11.6 Å². The van der Waals surface area contributed by atoms with Crippen molar-refractivity contribution in [2.45, 2.75) is 37.8 Å². The highest BCUT2D eigenvalue weighted by molar-refractivity contribution is 5.63. The molecular formula is C24H21F4N5O. The number of hydrogen-bond donors (Lipinski definition) is 1. The zero-order valence-corrected chi connectivity index (χ0v) is 18.3. The molecule has 0 saturated carbocycles. The Bertz CT molecular complexity index is 1280. The van der Waals surface area contributed by atoms with Crippen molar-refractivity contribution in [1.82, 2.24) is 25.2 Å². The predicted octanol–water partition coefficient (Wildman–Crippen LogP) is 4.82. The number of benzene rings is 2. The van der Waals surface area contributed by atoms with E-state index in [-0.39, 0.29) is 5.92 Å². The quantitative estimate of drug-likeness (QED) is 0.391. The van der Waals surface area contributed by atoms with E-state index in [9.17, 15) is 13.9 Å². The third kappa shape index (κ3) is 4.28. The second-order valence-corrected chi connectivity index (χ2v) is 8.28. The van der Waals surface area contributed by atoms with Gasteiger partial charge >= 0.3 is 5.92 Å². The summed E-state index contributed by atoms with van der Waals surface area (Å²) in [7, 11) is 0. The van der Waals surface area contributed by atoms with Gasteiger partial charge in [-0.25, -0.2) is 13.5 Å². The van der Waals surface area contributed by atoms with Gasteiger partial charge in [-0.1, -0.05) is 44.2 Å². The molecule has 0 aliphatic rings. The maximum absolute atomic E-state index is 15.8. The van der Waals surface area contributed by atoms with Crippen molar-refractivity contribution in [2.75, 3.05) is 0 Å². The Morgan fingerprint density at radius 1 is 1.00 bits per heavy atom. The summed E-state index contributed by atoms with van der Waals surface area (Å²) < 4.78 is 60.5. The molecule has 1 N–H and O–H groups in total. The molecule has 10 heteroatoms. The lowest BCUT2D eigenvalue weighted by Crippen LogP contribution is -2.48. The molecule has 0 amide bonds. The minimum absolute atomic E-state index is 0.281. The van der Waals surface area contributed by atoms with E-state index in [0.717, 1.165) is 40.3 Å². The molecule has 2 heterocycles. The first-order valence-electron chi connectivity index (χ1n) is 10.4. The molecule has 4 rings (SSSR count). The minimum Gasteiger partial charge on any atom is -0.377 e. The van der Waals surface area contributed by atoms with Gasteiger partial charge in [-0.15, -0.1) is 5.10 Å². The highest BCUT2D eigenvalue weighted by Crippen LogP contribution is 2.46. The number of aliphatic hydroxyl groups is 1. The molecule has 0 aliphatic carbocycles. The maximum Gasteiger partial charge on any atom is 0.323 e. The summed E-state index contributed by atoms with van der Waals surface area (Å²) in [5.74, 6) is -6.13. The van der Waals surface area contributed by atoms with E-state index < -0.39 is 41.0 Å². The lowest BCUT2D eigenvalue weighted by molar-refractivity contribution is -0.207. The summed E-state index contributed by atoms with van der Waals surface area (Å²) in [5.41, 5.74) is -2.32. The smallest absolute Gasteiger partial charge is 0.323 e. The molecule has 0 saturated heterocycles. The van der Waals surface area contributed by atoms with Gasteiger partial charge < -0.3 is 5.11 Å². The number of halogens is 4. The summed E-state index contributed by atoms with van der Waals surface area (Å²) in [4.78, 5) is 3.90. The Labute approximate surface area is 192 Å². The van der Waals surface area contributed by atoms with Gasteiger partial charge in [0.1, 0.15) is 23.7 Å². The molecule has 0 bridgehead atoms. The first-order valence-corrected chi connectivity index (χ1v) is 10.4. The van der Waals surface area contributed by atoms with Crippen molar-refractivity contribution in [3.63, 3.8) is 0 Å². The third-order valence-corrected chi connectivity index (χ3v) is 5.65. The summed E-state index contributed by atoms with van der Waals surface area (Å²) in [5, 5.41) is 21.5. The van der Waals surface area contributed by atoms with Gasteiger partial charge in [0.25, 0.3) is 0 Å². The fourth-order valence-corrected chi connectivity index (χ4v) is 3.71. The molecule has 2 aromatic heterocycles. The molecular weight excluding hydrogens is 450 g/mol. The van der Waals surface area contributed by atoms with Gasteiger partial charge in [0, 0.05) is 23.4 Å². The van der Waals surface area contributed by atoms with Gasteiger partial charge in [0.05, 0.1) is 6.54 Å². The van der Waals surface area contributed by atoms with Crippen molar-refractivity contribution in [1.29, 1.82) is 0 Å². The van der Waals surface area contributed by atoms with Crippen LogP contribution in [0.25, 0.3) is 11.1 Å². The first-order chi connectivity index (χ1) is 16.1. The van der Waals surface area contributed by atoms with Crippen molar-refractivity contribution in [2.24, 2.45) is 0 Å². The topological polar surface area (TPSA) is 76.7 Å². The van der Waals surface area contributed by atoms with Crippen LogP contribution in [0.1, 0.15) is 36.6 Å². The molecule has 34 heavy (non-hydrogen) atoms. The molecule has 0 aliphatic heterocycles. The van der Waals surface area contributed by atoms with Gasteiger partial charge in [-0.05, 0) is 45.7 Å². The molecule has 0 spiro atoms. The van der Waals surface area contributed by atoms with Gasteiger partial charge in [-0.3, -0.25) is 4.98 Å². The standard InChI is InChI=1S/C24H21F4N5O/c1-15(2)16-4-3-5-17(10-16)18-6-9-22(29-12-18)24(27,28)23(34,13-33-14-30-31-32-33)20-8-7-19(25)11-21(20)26/h3-12,14-15,34H,13H2,1-2H3. The van der Waals surface area contributed by atoms with E-state index in [1.54, 1.807) is 0 Å². The van der Waals surface area contributed by atoms with E-state index in [4.69, 9.17) is 0 Å². The maximum atomic E-state index is 15.8. The van der Waals surface area contributed by atoms with E-state index in [1.807, 2.05) is 38.1 Å². The Balaban J connectivity index is 1.76. The van der Waals surface area contributed by atoms with Crippen LogP contribution in [0.15, 0.2) is 67.1 Å². The summed E-state index contributed by atoms with van der Waals surface area (Å²) in [6.07, 6.45) is 2.27. The van der Waals surface area contributed by atoms with E-state index in [1.165, 1.54) is 12.3 Å². The fraction of sp³-hybridized carbons (Fsp3) is 0.250. The summed E-state index contributed by atoms with van der Waals surface area (Å²) >= 11 is 0. The summed E-state index contributed by atoms with van der Waals surface area (Å²) in [6, 6.07) is 12.1. The highest BCUT2D eigenvalue weighted by atomic mass is 19.3. The second kappa shape index (κ2) is 8.94. The number of rotatable bonds is 7. The van der Waals surface area contributed by atoms with Crippen molar-refractivity contribution in [3.8, 4) is 11.1 Å². The number of hydrogen-bond acceptors (Lipinski definition) is 5. The number of alkyl halides is 2. The Hall–Kier alpha value is -3.66. The van der Waals surface area contributed by atoms with Crippen molar-refractivity contribution in [3.05, 3.63) is 95.6 Å². The molecule has 176 valence electrons. The van der Waals surface area contributed by atoms with Crippen molar-refractivity contribution >= 4 is 0 Å². The number of nitrogens with zero attached hydrogens (tertiary/aromatic N) is 5. The Kier molecular flexibility index (Phi) is 6.18. The lowest BCUT2D eigenvalue weighted by Gasteiger charge is -2.35. The number of aromatic nitrogens is 5. The normalized spacial score (nSPS) is 13.8. The highest BCUT2D eigenvalue weighted by Gasteiger charge is 2.58. The second-order valence-electron chi connectivity index (χ2n) is 8.28. The molecule has 6 nitrogen and oxygen atoms in total. The molecule has 0 radical (unpaired) electrons. The van der Waals surface area contributed by atoms with Crippen LogP contribution in [0, 0.1) is 11.6 Å².